The number of hydrogen-bond donors (Lipinski definition) is 3. The highest BCUT2D eigenvalue weighted by molar-refractivity contribution is 5.57. The smallest absolute Gasteiger partial charge is 0.134 e. The van der Waals surface area contributed by atoms with E-state index in [-0.39, 0.29) is 0 Å². The maximum atomic E-state index is 10.4. The van der Waals surface area contributed by atoms with Crippen LogP contribution in [-0.4, -0.2) is 34.3 Å². The standard InChI is InChI=1S/C15H28N4O/c1-7-12-18-13(16-6)11(4)14(19-12)17-9-15(5,20)8-10(2)3/h10,20H,7-9H2,1-6H3,(H2,16,17,18,19). The van der Waals surface area contributed by atoms with Gasteiger partial charge in [-0.3, -0.25) is 0 Å². The Bertz CT molecular complexity index is 444. The lowest BCUT2D eigenvalue weighted by molar-refractivity contribution is 0.0514. The second-order valence-electron chi connectivity index (χ2n) is 6.01. The van der Waals surface area contributed by atoms with Crippen molar-refractivity contribution in [2.75, 3.05) is 24.2 Å². The number of aromatic nitrogens is 2. The van der Waals surface area contributed by atoms with E-state index in [1.165, 1.54) is 0 Å². The molecule has 0 spiro atoms. The predicted molar refractivity (Wildman–Crippen MR) is 84.3 cm³/mol. The van der Waals surface area contributed by atoms with E-state index in [0.717, 1.165) is 35.9 Å². The Kier molecular flexibility index (Phi) is 5.74. The topological polar surface area (TPSA) is 70.1 Å². The highest BCUT2D eigenvalue weighted by atomic mass is 16.3. The molecule has 0 radical (unpaired) electrons. The minimum Gasteiger partial charge on any atom is -0.388 e. The summed E-state index contributed by atoms with van der Waals surface area (Å²) in [6.07, 6.45) is 1.54. The molecule has 5 heteroatoms. The van der Waals surface area contributed by atoms with Crippen molar-refractivity contribution in [3.05, 3.63) is 11.4 Å². The molecule has 0 saturated heterocycles. The van der Waals surface area contributed by atoms with Gasteiger partial charge in [0, 0.05) is 25.6 Å². The molecule has 1 heterocycles. The number of aliphatic hydroxyl groups is 1. The summed E-state index contributed by atoms with van der Waals surface area (Å²) in [5.41, 5.74) is 0.239. The first-order valence-electron chi connectivity index (χ1n) is 7.30. The Morgan fingerprint density at radius 3 is 2.35 bits per heavy atom. The van der Waals surface area contributed by atoms with Gasteiger partial charge in [-0.05, 0) is 26.2 Å². The molecule has 0 amide bonds. The van der Waals surface area contributed by atoms with Crippen LogP contribution in [0.25, 0.3) is 0 Å². The number of rotatable bonds is 7. The van der Waals surface area contributed by atoms with Crippen molar-refractivity contribution in [1.82, 2.24) is 9.97 Å². The highest BCUT2D eigenvalue weighted by Crippen LogP contribution is 2.22. The van der Waals surface area contributed by atoms with Gasteiger partial charge in [-0.15, -0.1) is 0 Å². The van der Waals surface area contributed by atoms with Crippen molar-refractivity contribution >= 4 is 11.6 Å². The molecular weight excluding hydrogens is 252 g/mol. The van der Waals surface area contributed by atoms with Crippen molar-refractivity contribution in [2.45, 2.75) is 53.1 Å². The number of aryl methyl sites for hydroxylation is 1. The van der Waals surface area contributed by atoms with Crippen molar-refractivity contribution in [3.8, 4) is 0 Å². The van der Waals surface area contributed by atoms with Crippen molar-refractivity contribution in [3.63, 3.8) is 0 Å². The molecule has 1 rings (SSSR count). The summed E-state index contributed by atoms with van der Waals surface area (Å²) in [6, 6.07) is 0. The van der Waals surface area contributed by atoms with Gasteiger partial charge in [-0.25, -0.2) is 9.97 Å². The Morgan fingerprint density at radius 1 is 1.25 bits per heavy atom. The summed E-state index contributed by atoms with van der Waals surface area (Å²) < 4.78 is 0. The first kappa shape index (κ1) is 16.7. The molecule has 1 aromatic heterocycles. The molecule has 0 aliphatic rings. The molecule has 0 aromatic carbocycles. The Hall–Kier alpha value is -1.36. The van der Waals surface area contributed by atoms with E-state index in [0.29, 0.717) is 12.5 Å². The van der Waals surface area contributed by atoms with E-state index in [4.69, 9.17) is 0 Å². The van der Waals surface area contributed by atoms with E-state index in [1.54, 1.807) is 0 Å². The zero-order valence-electron chi connectivity index (χ0n) is 13.5. The van der Waals surface area contributed by atoms with Crippen LogP contribution in [0.15, 0.2) is 0 Å². The summed E-state index contributed by atoms with van der Waals surface area (Å²) in [7, 11) is 1.85. The van der Waals surface area contributed by atoms with Gasteiger partial charge in [0.2, 0.25) is 0 Å². The van der Waals surface area contributed by atoms with Crippen LogP contribution in [0.4, 0.5) is 11.6 Å². The molecule has 1 atom stereocenters. The highest BCUT2D eigenvalue weighted by Gasteiger charge is 2.22. The SMILES string of the molecule is CCc1nc(NC)c(C)c(NCC(C)(O)CC(C)C)n1. The van der Waals surface area contributed by atoms with E-state index in [2.05, 4.69) is 34.4 Å². The average Bonchev–Trinajstić information content (AvgIpc) is 2.36. The van der Waals surface area contributed by atoms with Gasteiger partial charge in [0.25, 0.3) is 0 Å². The molecule has 0 saturated carbocycles. The summed E-state index contributed by atoms with van der Waals surface area (Å²) >= 11 is 0. The number of anilines is 2. The molecule has 0 aliphatic carbocycles. The normalized spacial score (nSPS) is 14.2. The minimum absolute atomic E-state index is 0.456. The van der Waals surface area contributed by atoms with Gasteiger partial charge in [0.15, 0.2) is 0 Å². The van der Waals surface area contributed by atoms with Crippen LogP contribution in [0.1, 0.15) is 45.5 Å². The molecular formula is C15H28N4O. The molecule has 1 unspecified atom stereocenters. The largest absolute Gasteiger partial charge is 0.388 e. The Morgan fingerprint density at radius 2 is 1.85 bits per heavy atom. The maximum absolute atomic E-state index is 10.4. The quantitative estimate of drug-likeness (QED) is 0.716. The lowest BCUT2D eigenvalue weighted by atomic mass is 9.94. The van der Waals surface area contributed by atoms with Crippen molar-refractivity contribution < 1.29 is 5.11 Å². The predicted octanol–water partition coefficient (Wildman–Crippen LogP) is 2.60. The maximum Gasteiger partial charge on any atom is 0.134 e. The van der Waals surface area contributed by atoms with Gasteiger partial charge >= 0.3 is 0 Å². The number of nitrogens with one attached hydrogen (secondary N) is 2. The van der Waals surface area contributed by atoms with Crippen LogP contribution >= 0.6 is 0 Å². The molecule has 0 aliphatic heterocycles. The Labute approximate surface area is 122 Å². The third-order valence-electron chi connectivity index (χ3n) is 3.23. The molecule has 0 bridgehead atoms. The van der Waals surface area contributed by atoms with E-state index in [9.17, 15) is 5.11 Å². The van der Waals surface area contributed by atoms with Crippen LogP contribution < -0.4 is 10.6 Å². The second kappa shape index (κ2) is 6.88. The summed E-state index contributed by atoms with van der Waals surface area (Å²) in [5.74, 6) is 2.89. The van der Waals surface area contributed by atoms with Gasteiger partial charge in [-0.2, -0.15) is 0 Å². The van der Waals surface area contributed by atoms with Crippen LogP contribution in [0.2, 0.25) is 0 Å². The van der Waals surface area contributed by atoms with Gasteiger partial charge in [0.05, 0.1) is 5.60 Å². The average molecular weight is 280 g/mol. The van der Waals surface area contributed by atoms with Crippen molar-refractivity contribution in [2.24, 2.45) is 5.92 Å². The molecule has 3 N–H and O–H groups in total. The van der Waals surface area contributed by atoms with Gasteiger partial charge < -0.3 is 15.7 Å². The van der Waals surface area contributed by atoms with Crippen LogP contribution in [0.5, 0.6) is 0 Å². The first-order chi connectivity index (χ1) is 9.29. The first-order valence-corrected chi connectivity index (χ1v) is 7.30. The fraction of sp³-hybridized carbons (Fsp3) is 0.733. The lowest BCUT2D eigenvalue weighted by Crippen LogP contribution is -2.35. The van der Waals surface area contributed by atoms with E-state index >= 15 is 0 Å². The second-order valence-corrected chi connectivity index (χ2v) is 6.01. The molecule has 1 aromatic rings. The summed E-state index contributed by atoms with van der Waals surface area (Å²) in [5, 5.41) is 16.7. The zero-order valence-corrected chi connectivity index (χ0v) is 13.5. The fourth-order valence-corrected chi connectivity index (χ4v) is 2.36. The molecule has 20 heavy (non-hydrogen) atoms. The molecule has 5 nitrogen and oxygen atoms in total. The summed E-state index contributed by atoms with van der Waals surface area (Å²) in [4.78, 5) is 8.95. The van der Waals surface area contributed by atoms with Gasteiger partial charge in [-0.1, -0.05) is 20.8 Å². The van der Waals surface area contributed by atoms with Gasteiger partial charge in [0.1, 0.15) is 17.5 Å². The minimum atomic E-state index is -0.738. The number of nitrogens with zero attached hydrogens (tertiary/aromatic N) is 2. The van der Waals surface area contributed by atoms with E-state index in [1.807, 2.05) is 27.8 Å². The van der Waals surface area contributed by atoms with Crippen LogP contribution in [0.3, 0.4) is 0 Å². The monoisotopic (exact) mass is 280 g/mol. The summed E-state index contributed by atoms with van der Waals surface area (Å²) in [6.45, 7) is 10.6. The van der Waals surface area contributed by atoms with E-state index < -0.39 is 5.60 Å². The molecule has 0 fully saturated rings. The molecule has 114 valence electrons. The number of hydrogen-bond acceptors (Lipinski definition) is 5. The fourth-order valence-electron chi connectivity index (χ4n) is 2.36. The van der Waals surface area contributed by atoms with Crippen LogP contribution in [0, 0.1) is 12.8 Å². The third kappa shape index (κ3) is 4.63. The van der Waals surface area contributed by atoms with Crippen molar-refractivity contribution in [1.29, 1.82) is 0 Å². The third-order valence-corrected chi connectivity index (χ3v) is 3.23. The Balaban J connectivity index is 2.86. The lowest BCUT2D eigenvalue weighted by Gasteiger charge is -2.26. The van der Waals surface area contributed by atoms with Crippen LogP contribution in [-0.2, 0) is 6.42 Å². The zero-order chi connectivity index (χ0) is 15.3.